The van der Waals surface area contributed by atoms with Crippen LogP contribution in [0.4, 0.5) is 13.2 Å². The van der Waals surface area contributed by atoms with Gasteiger partial charge in [0, 0.05) is 53.6 Å². The average molecular weight is 1510 g/mol. The van der Waals surface area contributed by atoms with E-state index < -0.39 is 93.4 Å². The summed E-state index contributed by atoms with van der Waals surface area (Å²) in [6.07, 6.45) is 5.34. The lowest BCUT2D eigenvalue weighted by Crippen LogP contribution is -2.34. The van der Waals surface area contributed by atoms with Crippen LogP contribution in [0.5, 0.6) is 40.2 Å². The number of aromatic nitrogens is 8. The van der Waals surface area contributed by atoms with Crippen molar-refractivity contribution >= 4 is 62.6 Å². The smallest absolute Gasteiger partial charge is 0.387 e. The first-order chi connectivity index (χ1) is 50.6. The lowest BCUT2D eigenvalue weighted by Gasteiger charge is -2.22. The Kier molecular flexibility index (Phi) is 20.1. The number of ether oxygens (including phenoxy) is 7. The second-order valence-electron chi connectivity index (χ2n) is 26.0. The predicted molar refractivity (Wildman–Crippen MR) is 395 cm³/mol. The number of rotatable bonds is 29. The van der Waals surface area contributed by atoms with Gasteiger partial charge in [0.2, 0.25) is 0 Å². The van der Waals surface area contributed by atoms with Crippen molar-refractivity contribution in [1.82, 2.24) is 38.9 Å². The summed E-state index contributed by atoms with van der Waals surface area (Å²) < 4.78 is 168. The number of sulfone groups is 3. The summed E-state index contributed by atoms with van der Waals surface area (Å²) in [5.74, 6) is -0.604. The lowest BCUT2D eigenvalue weighted by molar-refractivity contribution is -0.0514. The zero-order valence-electron chi connectivity index (χ0n) is 58.6. The number of imidazole rings is 3. The third-order valence-corrected chi connectivity index (χ3v) is 22.3. The fraction of sp³-hybridized carbons (Fsp3) is 0.276. The van der Waals surface area contributed by atoms with E-state index in [9.17, 15) is 48.4 Å². The number of fused-ring (bicyclic) bond motifs is 3. The van der Waals surface area contributed by atoms with Gasteiger partial charge < -0.3 is 48.1 Å². The Morgan fingerprint density at radius 3 is 1.70 bits per heavy atom. The van der Waals surface area contributed by atoms with Crippen LogP contribution in [-0.2, 0) is 48.1 Å². The number of H-pyrrole nitrogens is 3. The average Bonchev–Trinajstić information content (AvgIpc) is 1.52. The number of halogens is 3. The molecule has 8 aromatic carbocycles. The molecular formula is C76H73F3N8O16S3. The zero-order valence-corrected chi connectivity index (χ0v) is 61.1. The van der Waals surface area contributed by atoms with Crippen LogP contribution in [0.1, 0.15) is 65.7 Å². The van der Waals surface area contributed by atoms with E-state index in [0.717, 1.165) is 29.2 Å². The Labute approximate surface area is 606 Å². The summed E-state index contributed by atoms with van der Waals surface area (Å²) in [6.45, 7) is 2.35. The standard InChI is InChI=1S/C76H73F3N8O16S3/c1-9-99-65-32-44(29-31-101-68-38-51(20-27-63(68)98-5)76(39-69(76)106(8,95)96)87-59-24-17-49(35-56(59)83-75(87)90)71-43(3)28-30-80-84-71)14-21-52(65)45-15-22-57-54(33-45)81-73(88)85(57)60(41-104(6,91)92)47-18-25-62(97-4)66(36-47)102-40-50-12-11-13-53(70(50)77)46-16-23-58-55(34-46)82-74(89)86(58)61(42-105(7,93)94)48-19-26-64(103-72(78)79)67(37-48)100-10-2/h11-28,30,32-38,60-61,69,72H,9-10,29,31,39-42H2,1-8H3,(H,81,88)(H,82,89)(H,83,90)/t60-,61-,69+,76-/m0/s1. The van der Waals surface area contributed by atoms with Crippen molar-refractivity contribution in [3.8, 4) is 73.8 Å². The minimum atomic E-state index is -3.82. The Morgan fingerprint density at radius 1 is 0.566 bits per heavy atom. The number of benzene rings is 8. The molecular weight excluding hydrogens is 1430 g/mol. The van der Waals surface area contributed by atoms with Gasteiger partial charge in [-0.1, -0.05) is 66.7 Å². The Balaban J connectivity index is 0.735. The molecule has 0 bridgehead atoms. The molecule has 24 nitrogen and oxygen atoms in total. The molecule has 13 rings (SSSR count). The van der Waals surface area contributed by atoms with Crippen molar-refractivity contribution in [2.24, 2.45) is 0 Å². The Hall–Kier alpha value is -11.1. The van der Waals surface area contributed by atoms with Crippen LogP contribution in [0.2, 0.25) is 0 Å². The maximum absolute atomic E-state index is 16.9. The summed E-state index contributed by atoms with van der Waals surface area (Å²) in [5.41, 5.74) is 5.26. The summed E-state index contributed by atoms with van der Waals surface area (Å²) in [6, 6.07) is 39.0. The number of nitrogens with zero attached hydrogens (tertiary/aromatic N) is 5. The van der Waals surface area contributed by atoms with Gasteiger partial charge in [-0.15, -0.1) is 0 Å². The van der Waals surface area contributed by atoms with E-state index in [1.165, 1.54) is 82.7 Å². The molecule has 0 amide bonds. The molecule has 1 aliphatic rings. The van der Waals surface area contributed by atoms with Crippen molar-refractivity contribution in [2.45, 2.75) is 69.7 Å². The quantitative estimate of drug-likeness (QED) is 0.0392. The highest BCUT2D eigenvalue weighted by atomic mass is 32.2. The molecule has 552 valence electrons. The van der Waals surface area contributed by atoms with Gasteiger partial charge in [0.1, 0.15) is 37.8 Å². The maximum Gasteiger partial charge on any atom is 0.387 e. The van der Waals surface area contributed by atoms with Crippen LogP contribution in [-0.4, -0.2) is 140 Å². The van der Waals surface area contributed by atoms with Gasteiger partial charge in [-0.3, -0.25) is 13.7 Å². The third-order valence-electron chi connectivity index (χ3n) is 18.8. The van der Waals surface area contributed by atoms with Crippen LogP contribution in [0.15, 0.2) is 172 Å². The van der Waals surface area contributed by atoms with Gasteiger partial charge in [0.05, 0.1) is 107 Å². The SMILES string of the molecule is CCOc1cc([C@H](CS(C)(=O)=O)n2c(=O)[nH]c3cc(-c4cccc(COc5cc([C@H](CS(C)(=O)=O)n6c(=O)[nH]c7cc(-c8ccc(CCOc9cc([C@@]%10(n%11c(=O)[nH]c%12cc(-c%13nnccc%13C)ccc%12%11)C[C@H]%10S(C)(=O)=O)ccc9OC)cc8OCC)ccc76)ccc5OC)c4F)ccc32)ccc1OC(F)F. The highest BCUT2D eigenvalue weighted by Crippen LogP contribution is 2.55. The first kappa shape index (κ1) is 73.2. The van der Waals surface area contributed by atoms with Gasteiger partial charge >= 0.3 is 23.7 Å². The second-order valence-corrected chi connectivity index (χ2v) is 32.6. The molecule has 0 aliphatic heterocycles. The summed E-state index contributed by atoms with van der Waals surface area (Å²) >= 11 is 0. The van der Waals surface area contributed by atoms with Crippen molar-refractivity contribution in [3.63, 3.8) is 0 Å². The second kappa shape index (κ2) is 29.1. The topological polar surface area (TPSA) is 306 Å². The number of aryl methyl sites for hydroxylation is 1. The lowest BCUT2D eigenvalue weighted by atomic mass is 10.0. The number of methoxy groups -OCH3 is 2. The molecule has 106 heavy (non-hydrogen) atoms. The molecule has 0 saturated heterocycles. The number of nitrogens with one attached hydrogen (secondary N) is 3. The van der Waals surface area contributed by atoms with Crippen molar-refractivity contribution in [1.29, 1.82) is 0 Å². The molecule has 4 heterocycles. The number of hydrogen-bond acceptors (Lipinski definition) is 18. The first-order valence-electron chi connectivity index (χ1n) is 33.5. The van der Waals surface area contributed by atoms with Crippen LogP contribution >= 0.6 is 0 Å². The van der Waals surface area contributed by atoms with Gasteiger partial charge in [-0.2, -0.15) is 19.0 Å². The summed E-state index contributed by atoms with van der Waals surface area (Å²) in [7, 11) is -8.40. The predicted octanol–water partition coefficient (Wildman–Crippen LogP) is 11.3. The number of hydrogen-bond donors (Lipinski definition) is 3. The fourth-order valence-electron chi connectivity index (χ4n) is 14.0. The minimum Gasteiger partial charge on any atom is -0.493 e. The number of alkyl halides is 2. The van der Waals surface area contributed by atoms with E-state index in [0.29, 0.717) is 85.9 Å². The first-order valence-corrected chi connectivity index (χ1v) is 39.6. The van der Waals surface area contributed by atoms with Gasteiger partial charge in [0.15, 0.2) is 44.3 Å². The van der Waals surface area contributed by atoms with E-state index in [1.807, 2.05) is 44.2 Å². The van der Waals surface area contributed by atoms with E-state index >= 15 is 4.39 Å². The molecule has 12 aromatic rings. The highest BCUT2D eigenvalue weighted by molar-refractivity contribution is 7.91. The summed E-state index contributed by atoms with van der Waals surface area (Å²) in [5, 5.41) is 7.40. The maximum atomic E-state index is 16.9. The van der Waals surface area contributed by atoms with Gasteiger partial charge in [-0.25, -0.2) is 44.0 Å². The molecule has 3 N–H and O–H groups in total. The van der Waals surface area contributed by atoms with Gasteiger partial charge in [-0.05, 0) is 151 Å². The van der Waals surface area contributed by atoms with Crippen LogP contribution in [0, 0.1) is 12.7 Å². The van der Waals surface area contributed by atoms with E-state index in [1.54, 1.807) is 85.9 Å². The Bertz CT molecular complexity index is 5970. The summed E-state index contributed by atoms with van der Waals surface area (Å²) in [4.78, 5) is 50.8. The highest BCUT2D eigenvalue weighted by Gasteiger charge is 2.64. The van der Waals surface area contributed by atoms with Crippen LogP contribution < -0.4 is 50.2 Å². The molecule has 1 fully saturated rings. The van der Waals surface area contributed by atoms with Crippen molar-refractivity contribution in [2.75, 3.05) is 64.3 Å². The van der Waals surface area contributed by atoms with E-state index in [4.69, 9.17) is 28.4 Å². The van der Waals surface area contributed by atoms with E-state index in [2.05, 4.69) is 29.9 Å². The Morgan fingerprint density at radius 2 is 1.11 bits per heavy atom. The van der Waals surface area contributed by atoms with Gasteiger partial charge in [0.25, 0.3) is 0 Å². The molecule has 1 aliphatic carbocycles. The van der Waals surface area contributed by atoms with E-state index in [-0.39, 0.29) is 77.0 Å². The fourth-order valence-corrected chi connectivity index (χ4v) is 17.3. The molecule has 0 spiro atoms. The zero-order chi connectivity index (χ0) is 75.3. The minimum absolute atomic E-state index is 0.0616. The van der Waals surface area contributed by atoms with Crippen LogP contribution in [0.25, 0.3) is 66.6 Å². The van der Waals surface area contributed by atoms with Crippen molar-refractivity contribution in [3.05, 3.63) is 229 Å². The monoisotopic (exact) mass is 1510 g/mol. The molecule has 0 radical (unpaired) electrons. The van der Waals surface area contributed by atoms with Crippen molar-refractivity contribution < 1.29 is 71.6 Å². The molecule has 0 unspecified atom stereocenters. The normalized spacial score (nSPS) is 15.3. The molecule has 4 atom stereocenters. The molecule has 4 aromatic heterocycles. The van der Waals surface area contributed by atoms with Crippen LogP contribution in [0.3, 0.4) is 0 Å². The molecule has 1 saturated carbocycles. The third kappa shape index (κ3) is 14.7. The molecule has 30 heteroatoms. The largest absolute Gasteiger partial charge is 0.493 e. The number of aromatic amines is 3.